The highest BCUT2D eigenvalue weighted by Gasteiger charge is 2.26. The van der Waals surface area contributed by atoms with E-state index in [9.17, 15) is 25.0 Å². The molecule has 0 amide bonds. The molecule has 0 radical (unpaired) electrons. The number of nitro benzene ring substituents is 2. The summed E-state index contributed by atoms with van der Waals surface area (Å²) >= 11 is 12.5. The van der Waals surface area contributed by atoms with Gasteiger partial charge in [-0.05, 0) is 67.3 Å². The van der Waals surface area contributed by atoms with Crippen molar-refractivity contribution < 1.29 is 23.5 Å². The maximum atomic E-state index is 13.4. The molecule has 202 valence electrons. The van der Waals surface area contributed by atoms with Gasteiger partial charge >= 0.3 is 0 Å². The van der Waals surface area contributed by atoms with Gasteiger partial charge in [-0.1, -0.05) is 30.1 Å². The van der Waals surface area contributed by atoms with Gasteiger partial charge in [0, 0.05) is 46.5 Å². The molecule has 40 heavy (non-hydrogen) atoms. The minimum Gasteiger partial charge on any atom is -0.457 e. The number of nitrogens with zero attached hydrogens (tertiary/aromatic N) is 2. The van der Waals surface area contributed by atoms with Crippen molar-refractivity contribution in [1.82, 2.24) is 0 Å². The number of non-ortho nitro benzene ring substituents is 2. The molecular weight excluding hydrogens is 559 g/mol. The number of carbonyl (C=O) groups excluding carboxylic acids is 1. The monoisotopic (exact) mass is 578 g/mol. The smallest absolute Gasteiger partial charge is 0.270 e. The van der Waals surface area contributed by atoms with Gasteiger partial charge < -0.3 is 8.83 Å². The molecule has 0 N–H and O–H groups in total. The van der Waals surface area contributed by atoms with Gasteiger partial charge in [-0.15, -0.1) is 0 Å². The van der Waals surface area contributed by atoms with Crippen molar-refractivity contribution in [3.63, 3.8) is 0 Å². The first-order chi connectivity index (χ1) is 19.1. The Morgan fingerprint density at radius 3 is 1.55 bits per heavy atom. The van der Waals surface area contributed by atoms with Crippen LogP contribution in [0.15, 0.2) is 80.6 Å². The summed E-state index contributed by atoms with van der Waals surface area (Å²) in [7, 11) is 0. The third kappa shape index (κ3) is 5.61. The number of nitro groups is 2. The van der Waals surface area contributed by atoms with Crippen molar-refractivity contribution in [2.24, 2.45) is 5.92 Å². The predicted molar refractivity (Wildman–Crippen MR) is 151 cm³/mol. The van der Waals surface area contributed by atoms with Gasteiger partial charge in [0.2, 0.25) is 0 Å². The predicted octanol–water partition coefficient (Wildman–Crippen LogP) is 8.80. The van der Waals surface area contributed by atoms with Crippen LogP contribution in [0, 0.1) is 26.1 Å². The largest absolute Gasteiger partial charge is 0.457 e. The summed E-state index contributed by atoms with van der Waals surface area (Å²) in [5, 5.41) is 22.3. The van der Waals surface area contributed by atoms with Crippen LogP contribution in [0.2, 0.25) is 10.0 Å². The van der Waals surface area contributed by atoms with Crippen LogP contribution in [0.25, 0.3) is 34.8 Å². The van der Waals surface area contributed by atoms with Crippen LogP contribution < -0.4 is 0 Å². The molecule has 4 aromatic rings. The van der Waals surface area contributed by atoms with E-state index < -0.39 is 9.85 Å². The molecule has 0 saturated heterocycles. The molecule has 1 aliphatic rings. The number of rotatable bonds is 6. The molecule has 11 heteroatoms. The number of hydrogen-bond donors (Lipinski definition) is 0. The van der Waals surface area contributed by atoms with Crippen LogP contribution in [0.1, 0.15) is 31.3 Å². The number of halogens is 2. The number of hydrogen-bond acceptors (Lipinski definition) is 7. The van der Waals surface area contributed by atoms with Gasteiger partial charge in [-0.2, -0.15) is 0 Å². The lowest BCUT2D eigenvalue weighted by atomic mass is 9.81. The van der Waals surface area contributed by atoms with Crippen molar-refractivity contribution in [3.05, 3.63) is 114 Å². The number of ketones is 1. The normalized spacial score (nSPS) is 17.5. The van der Waals surface area contributed by atoms with Crippen LogP contribution in [0.5, 0.6) is 0 Å². The molecule has 0 spiro atoms. The average Bonchev–Trinajstić information content (AvgIpc) is 3.56. The minimum atomic E-state index is -0.525. The second kappa shape index (κ2) is 11.0. The molecule has 2 aromatic carbocycles. The van der Waals surface area contributed by atoms with Crippen molar-refractivity contribution in [3.8, 4) is 22.6 Å². The first kappa shape index (κ1) is 27.1. The van der Waals surface area contributed by atoms with E-state index in [0.29, 0.717) is 58.2 Å². The zero-order chi connectivity index (χ0) is 28.6. The topological polar surface area (TPSA) is 130 Å². The fraction of sp³-hybridized carbons (Fsp3) is 0.138. The number of furan rings is 2. The zero-order valence-corrected chi connectivity index (χ0v) is 22.4. The molecule has 1 fully saturated rings. The van der Waals surface area contributed by atoms with E-state index in [1.807, 2.05) is 6.92 Å². The highest BCUT2D eigenvalue weighted by molar-refractivity contribution is 6.33. The van der Waals surface area contributed by atoms with Gasteiger partial charge in [0.1, 0.15) is 23.0 Å². The number of allylic oxidation sites excluding steroid dienone is 2. The molecule has 2 heterocycles. The van der Waals surface area contributed by atoms with Crippen LogP contribution in [-0.4, -0.2) is 15.6 Å². The van der Waals surface area contributed by atoms with Gasteiger partial charge in [-0.25, -0.2) is 0 Å². The second-order valence-electron chi connectivity index (χ2n) is 9.43. The molecule has 0 atom stereocenters. The van der Waals surface area contributed by atoms with E-state index in [4.69, 9.17) is 32.0 Å². The third-order valence-electron chi connectivity index (χ3n) is 6.46. The van der Waals surface area contributed by atoms with Crippen molar-refractivity contribution in [2.75, 3.05) is 0 Å². The number of benzene rings is 2. The third-order valence-corrected chi connectivity index (χ3v) is 7.09. The first-order valence-corrected chi connectivity index (χ1v) is 12.9. The van der Waals surface area contributed by atoms with Crippen molar-refractivity contribution >= 4 is 52.5 Å². The summed E-state index contributed by atoms with van der Waals surface area (Å²) in [5.74, 6) is 1.81. The van der Waals surface area contributed by atoms with E-state index in [1.165, 1.54) is 36.4 Å². The van der Waals surface area contributed by atoms with Crippen molar-refractivity contribution in [1.29, 1.82) is 0 Å². The number of carbonyl (C=O) groups is 1. The summed E-state index contributed by atoms with van der Waals surface area (Å²) in [6.07, 6.45) is 4.51. The number of Topliss-reactive ketones (excluding diaryl/α,β-unsaturated/α-hetero) is 1. The molecule has 5 rings (SSSR count). The summed E-state index contributed by atoms with van der Waals surface area (Å²) in [6, 6.07) is 15.1. The quantitative estimate of drug-likeness (QED) is 0.127. The Labute approximate surface area is 237 Å². The van der Waals surface area contributed by atoms with Gasteiger partial charge in [0.15, 0.2) is 5.78 Å². The maximum absolute atomic E-state index is 13.4. The minimum absolute atomic E-state index is 0.122. The summed E-state index contributed by atoms with van der Waals surface area (Å²) < 4.78 is 11.8. The molecule has 0 aliphatic heterocycles. The lowest BCUT2D eigenvalue weighted by Crippen LogP contribution is -2.18. The van der Waals surface area contributed by atoms with E-state index in [2.05, 4.69) is 0 Å². The summed E-state index contributed by atoms with van der Waals surface area (Å²) in [5.41, 5.74) is 1.91. The van der Waals surface area contributed by atoms with Gasteiger partial charge in [0.05, 0.1) is 19.9 Å². The highest BCUT2D eigenvalue weighted by atomic mass is 35.5. The highest BCUT2D eigenvalue weighted by Crippen LogP contribution is 2.37. The molecule has 0 unspecified atom stereocenters. The van der Waals surface area contributed by atoms with E-state index >= 15 is 0 Å². The summed E-state index contributed by atoms with van der Waals surface area (Å²) in [4.78, 5) is 34.3. The summed E-state index contributed by atoms with van der Waals surface area (Å²) in [6.45, 7) is 2.04. The van der Waals surface area contributed by atoms with E-state index in [0.717, 1.165) is 0 Å². The Kier molecular flexibility index (Phi) is 7.42. The standard InChI is InChI=1S/C29H20Cl2N2O7/c1-16-10-17(12-21-4-8-27(39-21)23-6-2-19(32(35)36)14-25(23)30)29(34)18(11-16)13-22-5-9-28(40-22)24-7-3-20(33(37)38)15-26(24)31/h2-9,12-16H,10-11H2,1H3/b17-12+,18-13+. The molecular formula is C29H20Cl2N2O7. The fourth-order valence-corrected chi connectivity index (χ4v) is 5.13. The van der Waals surface area contributed by atoms with Crippen LogP contribution in [-0.2, 0) is 4.79 Å². The van der Waals surface area contributed by atoms with E-state index in [1.54, 1.807) is 36.4 Å². The molecule has 1 aliphatic carbocycles. The van der Waals surface area contributed by atoms with Gasteiger partial charge in [0.25, 0.3) is 11.4 Å². The SMILES string of the molecule is CC1C/C(=C\c2ccc(-c3ccc([N+](=O)[O-])cc3Cl)o2)C(=O)/C(=C/c2ccc(-c3ccc([N+](=O)[O-])cc3Cl)o2)C1. The lowest BCUT2D eigenvalue weighted by Gasteiger charge is -2.22. The zero-order valence-electron chi connectivity index (χ0n) is 20.9. The molecule has 1 saturated carbocycles. The van der Waals surface area contributed by atoms with E-state index in [-0.39, 0.29) is 33.1 Å². The average molecular weight is 579 g/mol. The maximum Gasteiger partial charge on any atom is 0.270 e. The van der Waals surface area contributed by atoms with Crippen LogP contribution >= 0.6 is 23.2 Å². The van der Waals surface area contributed by atoms with Crippen LogP contribution in [0.4, 0.5) is 11.4 Å². The Hall–Kier alpha value is -4.47. The fourth-order valence-electron chi connectivity index (χ4n) is 4.59. The Morgan fingerprint density at radius 1 is 0.750 bits per heavy atom. The Bertz CT molecular complexity index is 1610. The van der Waals surface area contributed by atoms with Crippen molar-refractivity contribution in [2.45, 2.75) is 19.8 Å². The second-order valence-corrected chi connectivity index (χ2v) is 10.2. The lowest BCUT2D eigenvalue weighted by molar-refractivity contribution is -0.385. The Morgan fingerprint density at radius 2 is 1.18 bits per heavy atom. The molecule has 2 aromatic heterocycles. The Balaban J connectivity index is 1.38. The van der Waals surface area contributed by atoms with Gasteiger partial charge in [-0.3, -0.25) is 25.0 Å². The first-order valence-electron chi connectivity index (χ1n) is 12.1. The molecule has 9 nitrogen and oxygen atoms in total. The van der Waals surface area contributed by atoms with Crippen LogP contribution in [0.3, 0.4) is 0 Å². The molecule has 0 bridgehead atoms.